The van der Waals surface area contributed by atoms with Crippen molar-refractivity contribution < 1.29 is 101 Å². The SMILES string of the molecule is CCCC[C@H]1C(=O)N(C)[C@@H](CCCC)C(=O)N[C@@H](CCC(=O)O)C(=O)NC(C(=O)NCC(N)=O)CSCC(=O)N[C@@H](Cc2ccc(O)cc2)C(=O)N(C)[C@@H](C)C(=O)N[C@@H](CC(N)=O)C(=O)N2CCC[C@H]2C(=O)N[C@@H](Cc2c[nH]cn2)C(=O)N[C@@H](CC(N)=O)C(=O)N2CCC[C@H]2C(=O)N[C@@H](Cc2c[nH]c3ccccc23)C(=O)N[C@@H](CCN)C(=O)N[C@@H](Cc2c[nH]c3ccccc23)C(=O)N1C. The van der Waals surface area contributed by atoms with Crippen molar-refractivity contribution in [1.29, 1.82) is 0 Å². The maximum atomic E-state index is 15.8. The maximum absolute atomic E-state index is 15.8. The van der Waals surface area contributed by atoms with E-state index in [-0.39, 0.29) is 102 Å². The lowest BCUT2D eigenvalue weighted by Gasteiger charge is -2.36. The molecule has 3 saturated heterocycles. The van der Waals surface area contributed by atoms with E-state index in [2.05, 4.69) is 73.1 Å². The number of hydrogen-bond acceptors (Lipinski definition) is 23. The second-order valence-corrected chi connectivity index (χ2v) is 34.7. The molecule has 3 aromatic heterocycles. The molecule has 3 aliphatic rings. The molecular weight excluding hydrogens is 1760 g/mol. The van der Waals surface area contributed by atoms with Gasteiger partial charge in [-0.15, -0.1) is 11.8 Å². The molecule has 0 radical (unpaired) electrons. The Morgan fingerprint density at radius 3 is 1.49 bits per heavy atom. The number of phenolic OH excluding ortho intramolecular Hbond substituents is 1. The Hall–Kier alpha value is -14.0. The number of unbranched alkanes of at least 4 members (excludes halogenated alkanes) is 2. The molecule has 44 nitrogen and oxygen atoms in total. The van der Waals surface area contributed by atoms with E-state index in [0.717, 1.165) is 24.5 Å². The molecule has 14 atom stereocenters. The highest BCUT2D eigenvalue weighted by atomic mass is 32.2. The van der Waals surface area contributed by atoms with Crippen LogP contribution in [0.15, 0.2) is 97.7 Å². The molecule has 0 spiro atoms. The average molecular weight is 1880 g/mol. The smallest absolute Gasteiger partial charge is 0.303 e. The first-order valence-corrected chi connectivity index (χ1v) is 45.7. The van der Waals surface area contributed by atoms with Gasteiger partial charge in [-0.1, -0.05) is 88.1 Å². The number of likely N-dealkylation sites (N-methyl/N-ethyl adjacent to an activating group) is 3. The zero-order chi connectivity index (χ0) is 97.7. The lowest BCUT2D eigenvalue weighted by molar-refractivity contribution is -0.149. The van der Waals surface area contributed by atoms with Gasteiger partial charge in [0, 0.05) is 112 Å². The number of aliphatic carboxylic acids is 1. The lowest BCUT2D eigenvalue weighted by atomic mass is 9.99. The summed E-state index contributed by atoms with van der Waals surface area (Å²) in [6.07, 6.45) is 3.01. The number of carboxylic acids is 1. The zero-order valence-electron chi connectivity index (χ0n) is 75.6. The number of imidazole rings is 1. The zero-order valence-corrected chi connectivity index (χ0v) is 76.4. The Morgan fingerprint density at radius 1 is 0.493 bits per heavy atom. The number of rotatable bonds is 26. The summed E-state index contributed by atoms with van der Waals surface area (Å²) < 4.78 is 0. The highest BCUT2D eigenvalue weighted by molar-refractivity contribution is 8.00. The van der Waals surface area contributed by atoms with Crippen molar-refractivity contribution in [2.24, 2.45) is 22.9 Å². The van der Waals surface area contributed by atoms with Gasteiger partial charge in [0.1, 0.15) is 90.3 Å². The van der Waals surface area contributed by atoms with Gasteiger partial charge in [-0.25, -0.2) is 4.98 Å². The van der Waals surface area contributed by atoms with Crippen molar-refractivity contribution in [2.75, 3.05) is 58.8 Å². The standard InChI is InChI=1S/C89H121N23O21S/c1-7-9-21-67-82(126)101-58(29-30-75(118)119)78(122)107-66(77(121)97-44-73(93)116)45-134-46-74(117)99-62(35-49-25-27-53(113)28-26-49)85(129)108(4)48(3)76(120)104-64(39-71(91)114)87(131)111-33-16-24-69(111)84(128)103-61(38-52-43-94-47-98-52)81(125)106-65(40-72(92)115)88(132)112-34-15-23-68(112)83(127)102-60(36-50-41-95-56-19-13-11-17-54(50)56)80(124)100-59(31-32-90)79(123)105-63(37-51-42-96-57-20-14-12-18-55(51)57)86(130)110(6)70(22-10-8-2)89(133)109(67)5/h11-14,17-20,25-28,41-43,47-48,58-70,95-96,113H,7-10,15-16,21-24,29-40,44-46,90H2,1-6H3,(H2,91,114)(H2,92,115)(H2,93,116)(H,94,98)(H,97,121)(H,99,117)(H,100,124)(H,101,126)(H,102,127)(H,103,128)(H,104,120)(H,105,123)(H,106,125)(H,107,122)(H,118,119)/t48-,58-,59-,60-,61-,62-,63-,64-,65-,66?,67-,68-,69-,70-/m0/s1. The lowest BCUT2D eigenvalue weighted by Crippen LogP contribution is -2.61. The molecule has 18 amide bonds. The molecule has 1 unspecified atom stereocenters. The fourth-order valence-corrected chi connectivity index (χ4v) is 17.3. The average Bonchev–Trinajstić information content (AvgIpc) is 1.67. The van der Waals surface area contributed by atoms with Crippen LogP contribution in [-0.4, -0.2) is 310 Å². The Labute approximate surface area is 776 Å². The van der Waals surface area contributed by atoms with Crippen molar-refractivity contribution in [1.82, 2.24) is 97.6 Å². The summed E-state index contributed by atoms with van der Waals surface area (Å²) in [5.41, 5.74) is 26.0. The van der Waals surface area contributed by atoms with E-state index in [1.54, 1.807) is 67.8 Å². The minimum Gasteiger partial charge on any atom is -0.508 e. The largest absolute Gasteiger partial charge is 0.508 e. The molecule has 0 bridgehead atoms. The van der Waals surface area contributed by atoms with Gasteiger partial charge in [0.2, 0.25) is 106 Å². The van der Waals surface area contributed by atoms with Crippen LogP contribution >= 0.6 is 11.8 Å². The molecule has 23 N–H and O–H groups in total. The Balaban J connectivity index is 1.10. The summed E-state index contributed by atoms with van der Waals surface area (Å²) >= 11 is 0.706. The van der Waals surface area contributed by atoms with Crippen LogP contribution in [0.25, 0.3) is 21.8 Å². The van der Waals surface area contributed by atoms with Crippen LogP contribution < -0.4 is 76.1 Å². The molecule has 3 fully saturated rings. The fraction of sp³-hybridized carbons (Fsp3) is 0.506. The number of aromatic amines is 3. The van der Waals surface area contributed by atoms with Crippen LogP contribution in [0.1, 0.15) is 139 Å². The van der Waals surface area contributed by atoms with E-state index < -0.39 is 247 Å². The van der Waals surface area contributed by atoms with Gasteiger partial charge in [-0.3, -0.25) is 91.1 Å². The quantitative estimate of drug-likeness (QED) is 0.0256. The number of phenols is 1. The molecule has 3 aromatic carbocycles. The summed E-state index contributed by atoms with van der Waals surface area (Å²) in [5, 5.41) is 47.5. The molecule has 0 saturated carbocycles. The van der Waals surface area contributed by atoms with Crippen LogP contribution in [0.3, 0.4) is 0 Å². The number of thioether (sulfide) groups is 1. The maximum Gasteiger partial charge on any atom is 0.303 e. The number of nitrogens with zero attached hydrogens (tertiary/aromatic N) is 6. The van der Waals surface area contributed by atoms with E-state index in [1.807, 2.05) is 6.92 Å². The van der Waals surface area contributed by atoms with E-state index in [1.165, 1.54) is 64.9 Å². The number of aromatic nitrogens is 4. The van der Waals surface area contributed by atoms with Crippen molar-refractivity contribution in [3.8, 4) is 5.75 Å². The van der Waals surface area contributed by atoms with E-state index in [0.29, 0.717) is 69.5 Å². The normalized spacial score (nSPS) is 24.2. The Kier molecular flexibility index (Phi) is 38.3. The number of carbonyl (C=O) groups is 19. The number of primary amides is 3. The second kappa shape index (κ2) is 49.5. The summed E-state index contributed by atoms with van der Waals surface area (Å²) in [7, 11) is 3.83. The molecule has 45 heteroatoms. The monoisotopic (exact) mass is 1880 g/mol. The van der Waals surface area contributed by atoms with E-state index in [4.69, 9.17) is 22.9 Å². The second-order valence-electron chi connectivity index (χ2n) is 33.6. The third kappa shape index (κ3) is 28.5. The number of hydrogen-bond donors (Lipinski definition) is 19. The van der Waals surface area contributed by atoms with E-state index in [9.17, 15) is 67.7 Å². The van der Waals surface area contributed by atoms with Gasteiger partial charge < -0.3 is 126 Å². The van der Waals surface area contributed by atoms with Crippen LogP contribution in [0, 0.1) is 0 Å². The molecule has 134 heavy (non-hydrogen) atoms. The van der Waals surface area contributed by atoms with Crippen molar-refractivity contribution in [3.05, 3.63) is 120 Å². The first-order valence-electron chi connectivity index (χ1n) is 44.5. The van der Waals surface area contributed by atoms with Gasteiger partial charge in [-0.2, -0.15) is 0 Å². The molecule has 3 aliphatic heterocycles. The summed E-state index contributed by atoms with van der Waals surface area (Å²) in [4.78, 5) is 294. The van der Waals surface area contributed by atoms with Crippen LogP contribution in [0.4, 0.5) is 0 Å². The van der Waals surface area contributed by atoms with Gasteiger partial charge in [0.25, 0.3) is 0 Å². The third-order valence-corrected chi connectivity index (χ3v) is 25.0. The number of carbonyl (C=O) groups excluding carboxylic acids is 18. The number of fused-ring (bicyclic) bond motifs is 4. The first-order chi connectivity index (χ1) is 63.9. The fourth-order valence-electron chi connectivity index (χ4n) is 16.5. The number of aromatic hydroxyl groups is 1. The molecule has 724 valence electrons. The Morgan fingerprint density at radius 2 is 0.963 bits per heavy atom. The number of nitrogens with one attached hydrogen (secondary N) is 13. The molecule has 9 rings (SSSR count). The van der Waals surface area contributed by atoms with Crippen molar-refractivity contribution >= 4 is 146 Å². The van der Waals surface area contributed by atoms with E-state index >= 15 is 33.6 Å². The van der Waals surface area contributed by atoms with Gasteiger partial charge in [0.05, 0.1) is 37.2 Å². The van der Waals surface area contributed by atoms with Crippen LogP contribution in [-0.2, 0) is 117 Å². The minimum atomic E-state index is -1.83. The van der Waals surface area contributed by atoms with Gasteiger partial charge in [-0.05, 0) is 106 Å². The highest BCUT2D eigenvalue weighted by Gasteiger charge is 2.46. The summed E-state index contributed by atoms with van der Waals surface area (Å²) in [6, 6.07) is -2.69. The topological polar surface area (TPSA) is 666 Å². The summed E-state index contributed by atoms with van der Waals surface area (Å²) in [5.74, 6) is -20.4. The Bertz CT molecular complexity index is 5240. The molecule has 0 aliphatic carbocycles. The van der Waals surface area contributed by atoms with Crippen LogP contribution in [0.5, 0.6) is 5.75 Å². The summed E-state index contributed by atoms with van der Waals surface area (Å²) in [6.45, 7) is 3.56. The van der Waals surface area contributed by atoms with Crippen molar-refractivity contribution in [2.45, 2.75) is 227 Å². The molecule has 6 aromatic rings. The van der Waals surface area contributed by atoms with Gasteiger partial charge in [0.15, 0.2) is 0 Å². The highest BCUT2D eigenvalue weighted by Crippen LogP contribution is 2.28. The van der Waals surface area contributed by atoms with Gasteiger partial charge >= 0.3 is 5.97 Å². The van der Waals surface area contributed by atoms with Crippen LogP contribution in [0.2, 0.25) is 0 Å². The number of amides is 18. The number of H-pyrrole nitrogens is 3. The number of carboxylic acid groups (broad SMARTS) is 1. The predicted octanol–water partition coefficient (Wildman–Crippen LogP) is -3.11. The first kappa shape index (κ1) is 104. The molecule has 6 heterocycles. The number of benzene rings is 3. The minimum absolute atomic E-state index is 0.0247. The number of nitrogens with two attached hydrogens (primary N) is 4. The number of para-hydroxylation sites is 2. The third-order valence-electron chi connectivity index (χ3n) is 23.9. The predicted molar refractivity (Wildman–Crippen MR) is 487 cm³/mol. The molecular formula is C89H121N23O21S. The van der Waals surface area contributed by atoms with Crippen molar-refractivity contribution in [3.63, 3.8) is 0 Å².